The standard InChI is InChI=1S/C19H32N2O6/c1-9-10-26-14(23)11-13(20-17(25)27-19(6,7)8)16(24)21-15(12(2)22)18(3,4)5/h9,13,15H,1,10-11H2,2-8H3,(H,20,25)(H,21,24). The molecule has 154 valence electrons. The van der Waals surface area contributed by atoms with E-state index < -0.39 is 47.5 Å². The molecule has 2 amide bonds. The lowest BCUT2D eigenvalue weighted by Gasteiger charge is -2.31. The van der Waals surface area contributed by atoms with Gasteiger partial charge in [0.25, 0.3) is 0 Å². The highest BCUT2D eigenvalue weighted by atomic mass is 16.6. The Bertz CT molecular complexity index is 572. The molecule has 0 aliphatic rings. The smallest absolute Gasteiger partial charge is 0.408 e. The lowest BCUT2D eigenvalue weighted by molar-refractivity contribution is -0.144. The van der Waals surface area contributed by atoms with Gasteiger partial charge in [0.2, 0.25) is 5.91 Å². The van der Waals surface area contributed by atoms with Crippen LogP contribution in [-0.4, -0.2) is 48.0 Å². The van der Waals surface area contributed by atoms with Gasteiger partial charge in [-0.1, -0.05) is 33.4 Å². The monoisotopic (exact) mass is 384 g/mol. The van der Waals surface area contributed by atoms with Crippen LogP contribution in [0.1, 0.15) is 54.9 Å². The molecule has 0 saturated carbocycles. The van der Waals surface area contributed by atoms with Gasteiger partial charge in [0.05, 0.1) is 12.5 Å². The van der Waals surface area contributed by atoms with Crippen molar-refractivity contribution in [2.45, 2.75) is 72.6 Å². The fourth-order valence-corrected chi connectivity index (χ4v) is 2.21. The number of alkyl carbamates (subject to hydrolysis) is 1. The maximum atomic E-state index is 12.7. The van der Waals surface area contributed by atoms with Crippen molar-refractivity contribution in [3.63, 3.8) is 0 Å². The molecule has 8 nitrogen and oxygen atoms in total. The molecule has 0 rings (SSSR count). The van der Waals surface area contributed by atoms with Gasteiger partial charge in [0, 0.05) is 0 Å². The van der Waals surface area contributed by atoms with Gasteiger partial charge in [-0.3, -0.25) is 14.4 Å². The number of esters is 1. The van der Waals surface area contributed by atoms with Crippen LogP contribution in [0.2, 0.25) is 0 Å². The highest BCUT2D eigenvalue weighted by Crippen LogP contribution is 2.20. The zero-order valence-electron chi connectivity index (χ0n) is 17.3. The third-order valence-corrected chi connectivity index (χ3v) is 3.30. The van der Waals surface area contributed by atoms with Gasteiger partial charge >= 0.3 is 12.1 Å². The van der Waals surface area contributed by atoms with Crippen molar-refractivity contribution in [2.24, 2.45) is 5.41 Å². The Morgan fingerprint density at radius 3 is 2.00 bits per heavy atom. The van der Waals surface area contributed by atoms with Crippen molar-refractivity contribution in [1.29, 1.82) is 0 Å². The number of ether oxygens (including phenoxy) is 2. The van der Waals surface area contributed by atoms with Gasteiger partial charge in [0.15, 0.2) is 5.78 Å². The number of ketones is 1. The van der Waals surface area contributed by atoms with Crippen molar-refractivity contribution < 1.29 is 28.7 Å². The third-order valence-electron chi connectivity index (χ3n) is 3.30. The van der Waals surface area contributed by atoms with Gasteiger partial charge in [-0.05, 0) is 33.1 Å². The maximum absolute atomic E-state index is 12.7. The minimum absolute atomic E-state index is 0.0162. The second kappa shape index (κ2) is 10.1. The number of carbonyl (C=O) groups is 4. The van der Waals surface area contributed by atoms with E-state index in [1.54, 1.807) is 41.5 Å². The number of rotatable bonds is 8. The molecule has 2 unspecified atom stereocenters. The van der Waals surface area contributed by atoms with E-state index in [0.717, 1.165) is 0 Å². The van der Waals surface area contributed by atoms with E-state index in [2.05, 4.69) is 17.2 Å². The Hall–Kier alpha value is -2.38. The molecule has 0 fully saturated rings. The van der Waals surface area contributed by atoms with Gasteiger partial charge < -0.3 is 20.1 Å². The first kappa shape index (κ1) is 24.6. The van der Waals surface area contributed by atoms with Crippen LogP contribution in [0.25, 0.3) is 0 Å². The molecule has 2 atom stereocenters. The number of hydrogen-bond donors (Lipinski definition) is 2. The van der Waals surface area contributed by atoms with Crippen LogP contribution in [0.5, 0.6) is 0 Å². The van der Waals surface area contributed by atoms with Crippen molar-refractivity contribution in [2.75, 3.05) is 6.61 Å². The fraction of sp³-hybridized carbons (Fsp3) is 0.684. The topological polar surface area (TPSA) is 111 Å². The molecule has 27 heavy (non-hydrogen) atoms. The van der Waals surface area contributed by atoms with E-state index in [1.165, 1.54) is 13.0 Å². The van der Waals surface area contributed by atoms with E-state index in [1.807, 2.05) is 0 Å². The summed E-state index contributed by atoms with van der Waals surface area (Å²) in [6.45, 7) is 15.2. The minimum Gasteiger partial charge on any atom is -0.461 e. The Morgan fingerprint density at radius 2 is 1.59 bits per heavy atom. The van der Waals surface area contributed by atoms with Crippen molar-refractivity contribution in [3.05, 3.63) is 12.7 Å². The molecule has 0 aliphatic carbocycles. The van der Waals surface area contributed by atoms with Crippen molar-refractivity contribution in [3.8, 4) is 0 Å². The van der Waals surface area contributed by atoms with Crippen LogP contribution in [0, 0.1) is 5.41 Å². The Balaban J connectivity index is 5.33. The number of nitrogens with one attached hydrogen (secondary N) is 2. The van der Waals surface area contributed by atoms with Gasteiger partial charge in [0.1, 0.15) is 18.2 Å². The quantitative estimate of drug-likeness (QED) is 0.490. The zero-order chi connectivity index (χ0) is 21.4. The lowest BCUT2D eigenvalue weighted by atomic mass is 9.84. The van der Waals surface area contributed by atoms with Crippen molar-refractivity contribution in [1.82, 2.24) is 10.6 Å². The average Bonchev–Trinajstić information content (AvgIpc) is 2.46. The zero-order valence-corrected chi connectivity index (χ0v) is 17.3. The molecule has 2 N–H and O–H groups in total. The predicted octanol–water partition coefficient (Wildman–Crippen LogP) is 2.12. The number of hydrogen-bond acceptors (Lipinski definition) is 6. The molecule has 0 aromatic carbocycles. The summed E-state index contributed by atoms with van der Waals surface area (Å²) in [5.74, 6) is -1.60. The summed E-state index contributed by atoms with van der Waals surface area (Å²) in [6, 6.07) is -2.03. The van der Waals surface area contributed by atoms with Crippen LogP contribution in [0.3, 0.4) is 0 Å². The number of Topliss-reactive ketones (excluding diaryl/α,β-unsaturated/α-hetero) is 1. The Labute approximate surface area is 161 Å². The van der Waals surface area contributed by atoms with E-state index in [0.29, 0.717) is 0 Å². The van der Waals surface area contributed by atoms with Crippen LogP contribution in [-0.2, 0) is 23.9 Å². The van der Waals surface area contributed by atoms with Crippen LogP contribution in [0.15, 0.2) is 12.7 Å². The highest BCUT2D eigenvalue weighted by Gasteiger charge is 2.34. The largest absolute Gasteiger partial charge is 0.461 e. The number of amides is 2. The third kappa shape index (κ3) is 10.4. The molecule has 0 heterocycles. The molecule has 0 radical (unpaired) electrons. The summed E-state index contributed by atoms with van der Waals surface area (Å²) in [6.07, 6.45) is 0.127. The molecular weight excluding hydrogens is 352 g/mol. The summed E-state index contributed by atoms with van der Waals surface area (Å²) in [5.41, 5.74) is -1.32. The van der Waals surface area contributed by atoms with E-state index in [-0.39, 0.29) is 12.4 Å². The molecule has 0 aliphatic heterocycles. The minimum atomic E-state index is -1.25. The first-order valence-corrected chi connectivity index (χ1v) is 8.74. The Kier molecular flexibility index (Phi) is 9.19. The fourth-order valence-electron chi connectivity index (χ4n) is 2.21. The number of carbonyl (C=O) groups excluding carboxylic acids is 4. The van der Waals surface area contributed by atoms with Crippen LogP contribution >= 0.6 is 0 Å². The summed E-state index contributed by atoms with van der Waals surface area (Å²) in [5, 5.41) is 4.96. The summed E-state index contributed by atoms with van der Waals surface area (Å²) in [7, 11) is 0. The molecule has 0 saturated heterocycles. The second-order valence-electron chi connectivity index (χ2n) is 8.29. The van der Waals surface area contributed by atoms with Crippen molar-refractivity contribution >= 4 is 23.8 Å². The van der Waals surface area contributed by atoms with E-state index in [9.17, 15) is 19.2 Å². The van der Waals surface area contributed by atoms with Gasteiger partial charge in [-0.2, -0.15) is 0 Å². The molecule has 0 aromatic rings. The summed E-state index contributed by atoms with van der Waals surface area (Å²) < 4.78 is 10.0. The van der Waals surface area contributed by atoms with Crippen LogP contribution in [0.4, 0.5) is 4.79 Å². The van der Waals surface area contributed by atoms with Gasteiger partial charge in [-0.15, -0.1) is 0 Å². The second-order valence-corrected chi connectivity index (χ2v) is 8.29. The molecule has 0 aromatic heterocycles. The molecule has 0 bridgehead atoms. The molecule has 0 spiro atoms. The highest BCUT2D eigenvalue weighted by molar-refractivity contribution is 5.93. The SMILES string of the molecule is C=CCOC(=O)CC(NC(=O)OC(C)(C)C)C(=O)NC(C(C)=O)C(C)(C)C. The molecule has 8 heteroatoms. The maximum Gasteiger partial charge on any atom is 0.408 e. The Morgan fingerprint density at radius 1 is 1.04 bits per heavy atom. The normalized spacial score (nSPS) is 13.7. The average molecular weight is 384 g/mol. The van der Waals surface area contributed by atoms with E-state index >= 15 is 0 Å². The molecular formula is C19H32N2O6. The first-order valence-electron chi connectivity index (χ1n) is 8.74. The summed E-state index contributed by atoms with van der Waals surface area (Å²) in [4.78, 5) is 48.5. The first-order chi connectivity index (χ1) is 12.2. The van der Waals surface area contributed by atoms with Crippen LogP contribution < -0.4 is 10.6 Å². The predicted molar refractivity (Wildman–Crippen MR) is 101 cm³/mol. The summed E-state index contributed by atoms with van der Waals surface area (Å²) >= 11 is 0. The van der Waals surface area contributed by atoms with E-state index in [4.69, 9.17) is 9.47 Å². The lowest BCUT2D eigenvalue weighted by Crippen LogP contribution is -2.56. The van der Waals surface area contributed by atoms with Gasteiger partial charge in [-0.25, -0.2) is 4.79 Å².